The fourth-order valence-corrected chi connectivity index (χ4v) is 2.77. The lowest BCUT2D eigenvalue weighted by Gasteiger charge is -2.21. The van der Waals surface area contributed by atoms with Crippen molar-refractivity contribution in [2.45, 2.75) is 46.1 Å². The van der Waals surface area contributed by atoms with Crippen molar-refractivity contribution in [1.82, 2.24) is 19.9 Å². The fraction of sp³-hybridized carbons (Fsp3) is 0.500. The van der Waals surface area contributed by atoms with Crippen LogP contribution in [0.25, 0.3) is 11.4 Å². The number of nitrogens with two attached hydrogens (primary N) is 1. The minimum atomic E-state index is -0.210. The molecule has 0 aromatic carbocycles. The van der Waals surface area contributed by atoms with Crippen molar-refractivity contribution in [2.75, 3.05) is 13.6 Å². The van der Waals surface area contributed by atoms with E-state index in [9.17, 15) is 9.59 Å². The molecule has 7 heteroatoms. The van der Waals surface area contributed by atoms with Gasteiger partial charge in [-0.3, -0.25) is 14.6 Å². The number of hydrogen-bond donors (Lipinski definition) is 2. The van der Waals surface area contributed by atoms with Gasteiger partial charge in [-0.05, 0) is 37.8 Å². The number of aromatic amines is 1. The van der Waals surface area contributed by atoms with Gasteiger partial charge in [0, 0.05) is 55.3 Å². The highest BCUT2D eigenvalue weighted by Crippen LogP contribution is 2.13. The van der Waals surface area contributed by atoms with Crippen molar-refractivity contribution in [2.24, 2.45) is 11.7 Å². The molecule has 0 spiro atoms. The lowest BCUT2D eigenvalue weighted by molar-refractivity contribution is -0.129. The third kappa shape index (κ3) is 5.72. The summed E-state index contributed by atoms with van der Waals surface area (Å²) in [5.74, 6) is 0.876. The first-order chi connectivity index (χ1) is 12.8. The van der Waals surface area contributed by atoms with Gasteiger partial charge in [0.25, 0.3) is 5.56 Å². The molecule has 0 radical (unpaired) electrons. The number of aromatic nitrogens is 3. The van der Waals surface area contributed by atoms with Gasteiger partial charge in [-0.2, -0.15) is 0 Å². The maximum Gasteiger partial charge on any atom is 0.254 e. The number of carbonyl (C=O) groups is 1. The Bertz CT molecular complexity index is 817. The smallest absolute Gasteiger partial charge is 0.254 e. The highest BCUT2D eigenvalue weighted by molar-refractivity contribution is 5.76. The maximum absolute atomic E-state index is 12.4. The number of pyridine rings is 1. The first-order valence-electron chi connectivity index (χ1n) is 9.29. The second-order valence-electron chi connectivity index (χ2n) is 7.23. The SMILES string of the molecule is Cc1nc(-c2cccnc2)[nH]c(=O)c1CCC(=O)N(C)CCC(N)C(C)C. The van der Waals surface area contributed by atoms with Crippen LogP contribution < -0.4 is 11.3 Å². The number of rotatable bonds is 8. The molecule has 146 valence electrons. The lowest BCUT2D eigenvalue weighted by atomic mass is 10.0. The predicted octanol–water partition coefficient (Wildman–Crippen LogP) is 1.90. The van der Waals surface area contributed by atoms with E-state index in [0.29, 0.717) is 36.0 Å². The molecule has 2 heterocycles. The van der Waals surface area contributed by atoms with Crippen LogP contribution in [0.5, 0.6) is 0 Å². The van der Waals surface area contributed by atoms with Gasteiger partial charge in [0.15, 0.2) is 0 Å². The van der Waals surface area contributed by atoms with Gasteiger partial charge in [-0.15, -0.1) is 0 Å². The second kappa shape index (κ2) is 9.41. The minimum absolute atomic E-state index is 0.00101. The van der Waals surface area contributed by atoms with E-state index in [0.717, 1.165) is 12.0 Å². The summed E-state index contributed by atoms with van der Waals surface area (Å²) in [5, 5.41) is 0. The monoisotopic (exact) mass is 371 g/mol. The van der Waals surface area contributed by atoms with Crippen LogP contribution in [0.2, 0.25) is 0 Å². The van der Waals surface area contributed by atoms with Gasteiger partial charge in [0.2, 0.25) is 5.91 Å². The van der Waals surface area contributed by atoms with E-state index >= 15 is 0 Å². The van der Waals surface area contributed by atoms with E-state index in [1.807, 2.05) is 6.07 Å². The van der Waals surface area contributed by atoms with Crippen LogP contribution in [0.1, 0.15) is 37.9 Å². The van der Waals surface area contributed by atoms with Crippen LogP contribution in [0, 0.1) is 12.8 Å². The highest BCUT2D eigenvalue weighted by atomic mass is 16.2. The summed E-state index contributed by atoms with van der Waals surface area (Å²) in [5.41, 5.74) is 7.76. The molecule has 0 saturated carbocycles. The van der Waals surface area contributed by atoms with Crippen LogP contribution in [0.4, 0.5) is 0 Å². The Morgan fingerprint density at radius 3 is 2.70 bits per heavy atom. The van der Waals surface area contributed by atoms with Crippen molar-refractivity contribution in [3.63, 3.8) is 0 Å². The number of nitrogens with zero attached hydrogens (tertiary/aromatic N) is 3. The first-order valence-corrected chi connectivity index (χ1v) is 9.29. The number of amides is 1. The third-order valence-corrected chi connectivity index (χ3v) is 4.83. The Balaban J connectivity index is 1.99. The van der Waals surface area contributed by atoms with Gasteiger partial charge in [-0.25, -0.2) is 4.98 Å². The number of nitrogens with one attached hydrogen (secondary N) is 1. The van der Waals surface area contributed by atoms with Gasteiger partial charge in [0.05, 0.1) is 0 Å². The van der Waals surface area contributed by atoms with Crippen molar-refractivity contribution in [3.8, 4) is 11.4 Å². The molecule has 0 aliphatic carbocycles. The third-order valence-electron chi connectivity index (χ3n) is 4.83. The summed E-state index contributed by atoms with van der Waals surface area (Å²) >= 11 is 0. The van der Waals surface area contributed by atoms with Gasteiger partial charge in [-0.1, -0.05) is 13.8 Å². The Morgan fingerprint density at radius 2 is 2.11 bits per heavy atom. The number of H-pyrrole nitrogens is 1. The van der Waals surface area contributed by atoms with Crippen molar-refractivity contribution >= 4 is 5.91 Å². The van der Waals surface area contributed by atoms with Gasteiger partial charge < -0.3 is 15.6 Å². The minimum Gasteiger partial charge on any atom is -0.346 e. The van der Waals surface area contributed by atoms with Crippen LogP contribution in [0.15, 0.2) is 29.3 Å². The average molecular weight is 371 g/mol. The van der Waals surface area contributed by atoms with Gasteiger partial charge in [0.1, 0.15) is 5.82 Å². The number of hydrogen-bond acceptors (Lipinski definition) is 5. The molecule has 7 nitrogen and oxygen atoms in total. The molecule has 0 aliphatic heterocycles. The molecule has 3 N–H and O–H groups in total. The topological polar surface area (TPSA) is 105 Å². The Kier molecular flexibility index (Phi) is 7.24. The van der Waals surface area contributed by atoms with Crippen molar-refractivity contribution in [3.05, 3.63) is 46.1 Å². The molecule has 2 aromatic heterocycles. The fourth-order valence-electron chi connectivity index (χ4n) is 2.77. The number of aryl methyl sites for hydroxylation is 1. The highest BCUT2D eigenvalue weighted by Gasteiger charge is 2.15. The lowest BCUT2D eigenvalue weighted by Crippen LogP contribution is -2.35. The van der Waals surface area contributed by atoms with Gasteiger partial charge >= 0.3 is 0 Å². The zero-order valence-corrected chi connectivity index (χ0v) is 16.5. The summed E-state index contributed by atoms with van der Waals surface area (Å²) < 4.78 is 0. The van der Waals surface area contributed by atoms with E-state index in [2.05, 4.69) is 28.8 Å². The molecule has 0 aliphatic rings. The van der Waals surface area contributed by atoms with E-state index in [1.54, 1.807) is 37.3 Å². The second-order valence-corrected chi connectivity index (χ2v) is 7.23. The van der Waals surface area contributed by atoms with Crippen molar-refractivity contribution < 1.29 is 4.79 Å². The van der Waals surface area contributed by atoms with Crippen LogP contribution in [-0.4, -0.2) is 45.4 Å². The molecule has 0 saturated heterocycles. The predicted molar refractivity (Wildman–Crippen MR) is 106 cm³/mol. The summed E-state index contributed by atoms with van der Waals surface area (Å²) in [4.78, 5) is 37.8. The van der Waals surface area contributed by atoms with E-state index < -0.39 is 0 Å². The maximum atomic E-state index is 12.4. The first kappa shape index (κ1) is 20.8. The van der Waals surface area contributed by atoms with Crippen molar-refractivity contribution in [1.29, 1.82) is 0 Å². The zero-order chi connectivity index (χ0) is 20.0. The van der Waals surface area contributed by atoms with Crippen LogP contribution >= 0.6 is 0 Å². The summed E-state index contributed by atoms with van der Waals surface area (Å²) in [6.07, 6.45) is 4.71. The molecular formula is C20H29N5O2. The molecule has 2 aromatic rings. The molecule has 27 heavy (non-hydrogen) atoms. The molecular weight excluding hydrogens is 342 g/mol. The Morgan fingerprint density at radius 1 is 1.37 bits per heavy atom. The Hall–Kier alpha value is -2.54. The average Bonchev–Trinajstić information content (AvgIpc) is 2.65. The molecule has 0 fully saturated rings. The van der Waals surface area contributed by atoms with E-state index in [1.165, 1.54) is 0 Å². The normalized spacial score (nSPS) is 12.2. The summed E-state index contributed by atoms with van der Waals surface area (Å²) in [6, 6.07) is 3.71. The summed E-state index contributed by atoms with van der Waals surface area (Å²) in [6.45, 7) is 6.55. The molecule has 2 rings (SSSR count). The van der Waals surface area contributed by atoms with Crippen LogP contribution in [-0.2, 0) is 11.2 Å². The molecule has 1 atom stereocenters. The quantitative estimate of drug-likeness (QED) is 0.737. The number of carbonyl (C=O) groups excluding carboxylic acids is 1. The Labute approximate surface area is 160 Å². The largest absolute Gasteiger partial charge is 0.346 e. The molecule has 1 unspecified atom stereocenters. The van der Waals surface area contributed by atoms with E-state index in [-0.39, 0.29) is 23.9 Å². The standard InChI is InChI=1S/C20H29N5O2/c1-13(2)17(21)9-11-25(4)18(26)8-7-16-14(3)23-19(24-20(16)27)15-6-5-10-22-12-15/h5-6,10,12-13,17H,7-9,11,21H2,1-4H3,(H,23,24,27). The zero-order valence-electron chi connectivity index (χ0n) is 16.5. The molecule has 1 amide bonds. The van der Waals surface area contributed by atoms with E-state index in [4.69, 9.17) is 5.73 Å². The van der Waals surface area contributed by atoms with Crippen LogP contribution in [0.3, 0.4) is 0 Å². The summed E-state index contributed by atoms with van der Waals surface area (Å²) in [7, 11) is 1.77. The molecule has 0 bridgehead atoms.